The minimum Gasteiger partial charge on any atom is -0.494 e. The van der Waals surface area contributed by atoms with E-state index in [0.29, 0.717) is 6.61 Å². The van der Waals surface area contributed by atoms with Gasteiger partial charge >= 0.3 is 0 Å². The molecule has 3 nitrogen and oxygen atoms in total. The van der Waals surface area contributed by atoms with Crippen molar-refractivity contribution in [3.05, 3.63) is 35.4 Å². The number of allylic oxidation sites excluding steroid dienone is 1. The highest BCUT2D eigenvalue weighted by Gasteiger charge is 2.21. The average molecular weight is 275 g/mol. The highest BCUT2D eigenvalue weighted by molar-refractivity contribution is 5.48. The summed E-state index contributed by atoms with van der Waals surface area (Å²) in [6.45, 7) is 8.67. The van der Waals surface area contributed by atoms with Gasteiger partial charge in [-0.05, 0) is 45.9 Å². The summed E-state index contributed by atoms with van der Waals surface area (Å²) in [7, 11) is 0. The van der Waals surface area contributed by atoms with Gasteiger partial charge in [0.05, 0.1) is 6.61 Å². The Bertz CT molecular complexity index is 468. The Morgan fingerprint density at radius 3 is 3.05 bits per heavy atom. The van der Waals surface area contributed by atoms with E-state index in [1.165, 1.54) is 11.1 Å². The first kappa shape index (κ1) is 14.9. The summed E-state index contributed by atoms with van der Waals surface area (Å²) in [5, 5.41) is 3.45. The van der Waals surface area contributed by atoms with Crippen molar-refractivity contribution in [1.82, 2.24) is 5.32 Å². The van der Waals surface area contributed by atoms with Crippen LogP contribution in [0.2, 0.25) is 0 Å². The molecule has 0 amide bonds. The number of rotatable bonds is 7. The summed E-state index contributed by atoms with van der Waals surface area (Å²) in [4.78, 5) is 0. The Balaban J connectivity index is 2.04. The minimum absolute atomic E-state index is 0.275. The molecule has 0 radical (unpaired) electrons. The predicted molar refractivity (Wildman–Crippen MR) is 82.5 cm³/mol. The molecule has 1 heterocycles. The summed E-state index contributed by atoms with van der Waals surface area (Å²) in [6, 6.07) is 4.28. The first-order valence-electron chi connectivity index (χ1n) is 7.51. The smallest absolute Gasteiger partial charge is 0.124 e. The van der Waals surface area contributed by atoms with Crippen molar-refractivity contribution in [1.29, 1.82) is 0 Å². The lowest BCUT2D eigenvalue weighted by atomic mass is 10.1. The van der Waals surface area contributed by atoms with Gasteiger partial charge in [0.15, 0.2) is 0 Å². The van der Waals surface area contributed by atoms with Crippen LogP contribution in [-0.2, 0) is 13.0 Å². The summed E-state index contributed by atoms with van der Waals surface area (Å²) in [5.74, 6) is 2.01. The van der Waals surface area contributed by atoms with Crippen LogP contribution in [0, 0.1) is 0 Å². The quantitative estimate of drug-likeness (QED) is 0.610. The summed E-state index contributed by atoms with van der Waals surface area (Å²) in [5.41, 5.74) is 2.44. The largest absolute Gasteiger partial charge is 0.494 e. The normalized spacial score (nSPS) is 17.2. The van der Waals surface area contributed by atoms with Gasteiger partial charge in [0.25, 0.3) is 0 Å². The molecule has 0 bridgehead atoms. The predicted octanol–water partition coefficient (Wildman–Crippen LogP) is 3.46. The number of fused-ring (bicyclic) bond motifs is 1. The zero-order chi connectivity index (χ0) is 14.4. The topological polar surface area (TPSA) is 30.5 Å². The Morgan fingerprint density at radius 1 is 1.45 bits per heavy atom. The van der Waals surface area contributed by atoms with E-state index in [1.54, 1.807) is 0 Å². The molecular formula is C17H25NO2. The molecule has 2 rings (SSSR count). The fourth-order valence-electron chi connectivity index (χ4n) is 2.48. The number of benzene rings is 1. The van der Waals surface area contributed by atoms with E-state index in [0.717, 1.165) is 37.4 Å². The number of hydrogen-bond acceptors (Lipinski definition) is 3. The van der Waals surface area contributed by atoms with Crippen molar-refractivity contribution in [2.75, 3.05) is 13.2 Å². The van der Waals surface area contributed by atoms with Crippen molar-refractivity contribution >= 4 is 0 Å². The van der Waals surface area contributed by atoms with Crippen molar-refractivity contribution < 1.29 is 9.47 Å². The molecule has 0 saturated heterocycles. The third-order valence-corrected chi connectivity index (χ3v) is 3.42. The first-order valence-corrected chi connectivity index (χ1v) is 7.51. The van der Waals surface area contributed by atoms with E-state index >= 15 is 0 Å². The standard InChI is InChI=1S/C17H25NO2/c1-4-6-7-8-18-12-15-11-17-14(9-13(3)20-17)10-16(15)19-5-2/h4,6,10-11,13,18H,5,7-9,12H2,1-3H3/b6-4+. The van der Waals surface area contributed by atoms with Gasteiger partial charge < -0.3 is 14.8 Å². The number of hydrogen-bond donors (Lipinski definition) is 1. The Hall–Kier alpha value is -1.48. The summed E-state index contributed by atoms with van der Waals surface area (Å²) >= 11 is 0. The van der Waals surface area contributed by atoms with Gasteiger partial charge in [-0.15, -0.1) is 0 Å². The SMILES string of the molecule is C/C=C/CCNCc1cc2c(cc1OCC)CC(C)O2. The molecule has 3 heteroatoms. The van der Waals surface area contributed by atoms with Crippen LogP contribution in [0.3, 0.4) is 0 Å². The molecule has 1 aliphatic heterocycles. The van der Waals surface area contributed by atoms with Crippen molar-refractivity contribution in [2.45, 2.75) is 46.3 Å². The molecule has 1 unspecified atom stereocenters. The molecule has 0 aliphatic carbocycles. The van der Waals surface area contributed by atoms with Crippen LogP contribution in [0.15, 0.2) is 24.3 Å². The molecule has 0 saturated carbocycles. The molecular weight excluding hydrogens is 250 g/mol. The fourth-order valence-corrected chi connectivity index (χ4v) is 2.48. The van der Waals surface area contributed by atoms with E-state index in [9.17, 15) is 0 Å². The zero-order valence-corrected chi connectivity index (χ0v) is 12.7. The Labute approximate surface area is 122 Å². The molecule has 1 atom stereocenters. The minimum atomic E-state index is 0.275. The van der Waals surface area contributed by atoms with Crippen LogP contribution >= 0.6 is 0 Å². The number of nitrogens with one attached hydrogen (secondary N) is 1. The molecule has 1 aromatic carbocycles. The second kappa shape index (κ2) is 7.34. The van der Waals surface area contributed by atoms with E-state index < -0.39 is 0 Å². The van der Waals surface area contributed by atoms with Gasteiger partial charge in [0.1, 0.15) is 17.6 Å². The highest BCUT2D eigenvalue weighted by atomic mass is 16.5. The summed E-state index contributed by atoms with van der Waals surface area (Å²) in [6.07, 6.45) is 6.56. The van der Waals surface area contributed by atoms with Crippen molar-refractivity contribution in [2.24, 2.45) is 0 Å². The first-order chi connectivity index (χ1) is 9.74. The lowest BCUT2D eigenvalue weighted by Gasteiger charge is -2.13. The van der Waals surface area contributed by atoms with E-state index in [-0.39, 0.29) is 6.10 Å². The maximum atomic E-state index is 5.83. The Kier molecular flexibility index (Phi) is 5.48. The van der Waals surface area contributed by atoms with Gasteiger partial charge in [-0.25, -0.2) is 0 Å². The molecule has 1 aromatic rings. The van der Waals surface area contributed by atoms with Gasteiger partial charge in [-0.2, -0.15) is 0 Å². The molecule has 20 heavy (non-hydrogen) atoms. The van der Waals surface area contributed by atoms with Crippen LogP contribution in [-0.4, -0.2) is 19.3 Å². The van der Waals surface area contributed by atoms with Gasteiger partial charge in [0.2, 0.25) is 0 Å². The van der Waals surface area contributed by atoms with Gasteiger partial charge in [-0.1, -0.05) is 12.2 Å². The fraction of sp³-hybridized carbons (Fsp3) is 0.529. The average Bonchev–Trinajstić information content (AvgIpc) is 2.78. The van der Waals surface area contributed by atoms with Crippen molar-refractivity contribution in [3.8, 4) is 11.5 Å². The molecule has 1 N–H and O–H groups in total. The van der Waals surface area contributed by atoms with Crippen LogP contribution < -0.4 is 14.8 Å². The lowest BCUT2D eigenvalue weighted by Crippen LogP contribution is -2.15. The maximum absolute atomic E-state index is 5.83. The summed E-state index contributed by atoms with van der Waals surface area (Å²) < 4.78 is 11.6. The maximum Gasteiger partial charge on any atom is 0.124 e. The van der Waals surface area contributed by atoms with E-state index in [2.05, 4.69) is 36.5 Å². The van der Waals surface area contributed by atoms with Crippen LogP contribution in [0.4, 0.5) is 0 Å². The highest BCUT2D eigenvalue weighted by Crippen LogP contribution is 2.35. The van der Waals surface area contributed by atoms with Gasteiger partial charge in [0, 0.05) is 24.1 Å². The lowest BCUT2D eigenvalue weighted by molar-refractivity contribution is 0.254. The van der Waals surface area contributed by atoms with Gasteiger partial charge in [-0.3, -0.25) is 0 Å². The molecule has 1 aliphatic rings. The van der Waals surface area contributed by atoms with E-state index in [1.807, 2.05) is 13.8 Å². The molecule has 0 spiro atoms. The molecule has 0 aromatic heterocycles. The third kappa shape index (κ3) is 3.76. The van der Waals surface area contributed by atoms with Crippen LogP contribution in [0.5, 0.6) is 11.5 Å². The zero-order valence-electron chi connectivity index (χ0n) is 12.7. The van der Waals surface area contributed by atoms with Crippen molar-refractivity contribution in [3.63, 3.8) is 0 Å². The van der Waals surface area contributed by atoms with Crippen LogP contribution in [0.1, 0.15) is 38.3 Å². The van der Waals surface area contributed by atoms with E-state index in [4.69, 9.17) is 9.47 Å². The third-order valence-electron chi connectivity index (χ3n) is 3.42. The molecule has 110 valence electrons. The number of ether oxygens (including phenoxy) is 2. The van der Waals surface area contributed by atoms with Crippen LogP contribution in [0.25, 0.3) is 0 Å². The second-order valence-corrected chi connectivity index (χ2v) is 5.17. The molecule has 0 fully saturated rings. The Morgan fingerprint density at radius 2 is 2.30 bits per heavy atom. The second-order valence-electron chi connectivity index (χ2n) is 5.17. The monoisotopic (exact) mass is 275 g/mol.